The van der Waals surface area contributed by atoms with Gasteiger partial charge in [0.25, 0.3) is 5.89 Å². The van der Waals surface area contributed by atoms with Gasteiger partial charge in [-0.25, -0.2) is 4.98 Å². The van der Waals surface area contributed by atoms with E-state index < -0.39 is 5.60 Å². The van der Waals surface area contributed by atoms with Gasteiger partial charge in [0.15, 0.2) is 5.82 Å². The molecule has 0 bridgehead atoms. The number of rotatable bonds is 3. The average Bonchev–Trinajstić information content (AvgIpc) is 3.44. The van der Waals surface area contributed by atoms with E-state index in [1.165, 1.54) is 6.07 Å². The van der Waals surface area contributed by atoms with Crippen molar-refractivity contribution in [3.63, 3.8) is 0 Å². The van der Waals surface area contributed by atoms with Gasteiger partial charge in [-0.3, -0.25) is 20.4 Å². The lowest BCUT2D eigenvalue weighted by Gasteiger charge is -2.36. The van der Waals surface area contributed by atoms with Gasteiger partial charge in [-0.1, -0.05) is 17.1 Å². The van der Waals surface area contributed by atoms with Crippen LogP contribution in [0.2, 0.25) is 0 Å². The fourth-order valence-corrected chi connectivity index (χ4v) is 4.08. The van der Waals surface area contributed by atoms with E-state index >= 15 is 0 Å². The summed E-state index contributed by atoms with van der Waals surface area (Å²) in [6.07, 6.45) is 3.31. The second-order valence-corrected chi connectivity index (χ2v) is 8.34. The second kappa shape index (κ2) is 8.61. The first-order valence-electron chi connectivity index (χ1n) is 10.9. The maximum atomic E-state index is 11.4. The van der Waals surface area contributed by atoms with Crippen LogP contribution in [0.4, 0.5) is 11.5 Å². The van der Waals surface area contributed by atoms with Crippen LogP contribution in [0.15, 0.2) is 52.7 Å². The van der Waals surface area contributed by atoms with Crippen molar-refractivity contribution in [2.75, 3.05) is 18.0 Å². The first-order chi connectivity index (χ1) is 16.4. The van der Waals surface area contributed by atoms with Crippen molar-refractivity contribution in [1.82, 2.24) is 20.6 Å². The monoisotopic (exact) mass is 458 g/mol. The number of nitrogens with one attached hydrogen (secondary N) is 1. The van der Waals surface area contributed by atoms with Crippen LogP contribution in [-0.2, 0) is 4.84 Å². The summed E-state index contributed by atoms with van der Waals surface area (Å²) in [5.41, 5.74) is 5.51. The summed E-state index contributed by atoms with van der Waals surface area (Å²) in [5.74, 6) is 7.70. The van der Waals surface area contributed by atoms with E-state index in [-0.39, 0.29) is 10.6 Å². The van der Waals surface area contributed by atoms with Gasteiger partial charge in [0.1, 0.15) is 11.3 Å². The predicted octanol–water partition coefficient (Wildman–Crippen LogP) is 3.47. The zero-order chi connectivity index (χ0) is 23.7. The number of nitro groups is 1. The standard InChI is InChI=1S/C24H22N6O4/c1-16-6-9-21(30(31)32)22(25-16)29-12-10-24(11-13-29)15-20(28-34-24)8-7-18-4-3-5-19(14-18)23-26-17(2)27-33-23/h3-6,9,14-15,28H,10-13H2,1-2H3. The van der Waals surface area contributed by atoms with Crippen LogP contribution in [0, 0.1) is 35.8 Å². The smallest absolute Gasteiger partial charge is 0.311 e. The molecule has 0 saturated carbocycles. The number of anilines is 1. The zero-order valence-electron chi connectivity index (χ0n) is 18.7. The van der Waals surface area contributed by atoms with Crippen molar-refractivity contribution in [1.29, 1.82) is 0 Å². The van der Waals surface area contributed by atoms with E-state index in [0.29, 0.717) is 49.2 Å². The zero-order valence-corrected chi connectivity index (χ0v) is 18.7. The van der Waals surface area contributed by atoms with E-state index in [2.05, 4.69) is 32.4 Å². The average molecular weight is 458 g/mol. The molecule has 3 aromatic rings. The molecule has 1 fully saturated rings. The topological polar surface area (TPSA) is 119 Å². The molecule has 1 aromatic carbocycles. The molecule has 2 aromatic heterocycles. The molecule has 1 N–H and O–H groups in total. The van der Waals surface area contributed by atoms with Gasteiger partial charge < -0.3 is 9.42 Å². The Morgan fingerprint density at radius 1 is 1.15 bits per heavy atom. The third kappa shape index (κ3) is 4.33. The largest absolute Gasteiger partial charge is 0.351 e. The lowest BCUT2D eigenvalue weighted by atomic mass is 9.91. The van der Waals surface area contributed by atoms with Crippen LogP contribution in [0.5, 0.6) is 0 Å². The molecule has 10 heteroatoms. The van der Waals surface area contributed by atoms with Crippen LogP contribution >= 0.6 is 0 Å². The number of benzene rings is 1. The van der Waals surface area contributed by atoms with E-state index in [1.807, 2.05) is 42.2 Å². The molecule has 34 heavy (non-hydrogen) atoms. The van der Waals surface area contributed by atoms with Gasteiger partial charge in [-0.05, 0) is 50.1 Å². The van der Waals surface area contributed by atoms with E-state index in [9.17, 15) is 10.1 Å². The summed E-state index contributed by atoms with van der Waals surface area (Å²) in [7, 11) is 0. The number of allylic oxidation sites excluding steroid dienone is 1. The Morgan fingerprint density at radius 3 is 2.71 bits per heavy atom. The maximum Gasteiger partial charge on any atom is 0.311 e. The summed E-state index contributed by atoms with van der Waals surface area (Å²) in [6.45, 7) is 4.77. The Hall–Kier alpha value is -4.23. The fraction of sp³-hybridized carbons (Fsp3) is 0.292. The van der Waals surface area contributed by atoms with Crippen LogP contribution in [0.25, 0.3) is 11.5 Å². The molecule has 2 aliphatic heterocycles. The SMILES string of the molecule is Cc1ccc([N+](=O)[O-])c(N2CCC3(C=C(C#Cc4cccc(-c5nc(C)no5)c4)NO3)CC2)n1. The summed E-state index contributed by atoms with van der Waals surface area (Å²) in [6, 6.07) is 10.8. The van der Waals surface area contributed by atoms with Crippen molar-refractivity contribution in [3.8, 4) is 23.3 Å². The van der Waals surface area contributed by atoms with Crippen LogP contribution in [0.3, 0.4) is 0 Å². The maximum absolute atomic E-state index is 11.4. The third-order valence-electron chi connectivity index (χ3n) is 5.85. The Balaban J connectivity index is 1.29. The molecule has 0 aliphatic carbocycles. The highest BCUT2D eigenvalue weighted by molar-refractivity contribution is 5.59. The van der Waals surface area contributed by atoms with E-state index in [1.54, 1.807) is 13.0 Å². The number of hydrogen-bond acceptors (Lipinski definition) is 9. The number of nitrogens with zero attached hydrogens (tertiary/aromatic N) is 5. The summed E-state index contributed by atoms with van der Waals surface area (Å²) in [4.78, 5) is 27.6. The molecule has 5 rings (SSSR count). The van der Waals surface area contributed by atoms with Gasteiger partial charge >= 0.3 is 5.69 Å². The second-order valence-electron chi connectivity index (χ2n) is 8.34. The molecule has 1 spiro atoms. The van der Waals surface area contributed by atoms with Crippen molar-refractivity contribution < 1.29 is 14.3 Å². The molecule has 0 atom stereocenters. The molecule has 0 amide bonds. The van der Waals surface area contributed by atoms with Crippen LogP contribution < -0.4 is 10.4 Å². The van der Waals surface area contributed by atoms with E-state index in [0.717, 1.165) is 16.8 Å². The molecule has 1 saturated heterocycles. The first-order valence-corrected chi connectivity index (χ1v) is 10.9. The minimum absolute atomic E-state index is 0.0204. The Kier molecular flexibility index (Phi) is 5.47. The first kappa shape index (κ1) is 21.6. The summed E-state index contributed by atoms with van der Waals surface area (Å²) >= 11 is 0. The van der Waals surface area contributed by atoms with Crippen LogP contribution in [-0.4, -0.2) is 38.7 Å². The van der Waals surface area contributed by atoms with Crippen molar-refractivity contribution >= 4 is 11.5 Å². The molecule has 4 heterocycles. The Labute approximate surface area is 195 Å². The number of piperidine rings is 1. The third-order valence-corrected chi connectivity index (χ3v) is 5.85. The summed E-state index contributed by atoms with van der Waals surface area (Å²) < 4.78 is 5.23. The molecular formula is C24H22N6O4. The van der Waals surface area contributed by atoms with Gasteiger partial charge in [-0.2, -0.15) is 4.98 Å². The van der Waals surface area contributed by atoms with Gasteiger partial charge in [-0.15, -0.1) is 0 Å². The Morgan fingerprint density at radius 2 is 1.97 bits per heavy atom. The molecule has 10 nitrogen and oxygen atoms in total. The normalized spacial score (nSPS) is 16.5. The van der Waals surface area contributed by atoms with Crippen molar-refractivity contribution in [2.45, 2.75) is 32.3 Å². The van der Waals surface area contributed by atoms with Crippen molar-refractivity contribution in [3.05, 3.63) is 75.4 Å². The van der Waals surface area contributed by atoms with Gasteiger partial charge in [0.05, 0.1) is 4.92 Å². The predicted molar refractivity (Wildman–Crippen MR) is 123 cm³/mol. The minimum Gasteiger partial charge on any atom is -0.351 e. The van der Waals surface area contributed by atoms with Gasteiger partial charge in [0, 0.05) is 48.8 Å². The number of pyridine rings is 1. The van der Waals surface area contributed by atoms with Gasteiger partial charge in [0.2, 0.25) is 5.82 Å². The number of aryl methyl sites for hydroxylation is 2. The number of hydroxylamine groups is 1. The highest BCUT2D eigenvalue weighted by Crippen LogP contribution is 2.35. The van der Waals surface area contributed by atoms with Crippen LogP contribution in [0.1, 0.15) is 29.9 Å². The molecule has 2 aliphatic rings. The Bertz CT molecular complexity index is 1340. The lowest BCUT2D eigenvalue weighted by molar-refractivity contribution is -0.384. The number of hydrogen-bond donors (Lipinski definition) is 1. The number of aromatic nitrogens is 3. The summed E-state index contributed by atoms with van der Waals surface area (Å²) in [5, 5.41) is 15.3. The van der Waals surface area contributed by atoms with E-state index in [4.69, 9.17) is 9.36 Å². The molecule has 172 valence electrons. The highest BCUT2D eigenvalue weighted by Gasteiger charge is 2.39. The molecule has 0 unspecified atom stereocenters. The van der Waals surface area contributed by atoms with Crippen molar-refractivity contribution in [2.24, 2.45) is 0 Å². The lowest BCUT2D eigenvalue weighted by Crippen LogP contribution is -2.45. The quantitative estimate of drug-likeness (QED) is 0.357. The molecule has 0 radical (unpaired) electrons. The minimum atomic E-state index is -0.498. The fourth-order valence-electron chi connectivity index (χ4n) is 4.08. The molecular weight excluding hydrogens is 436 g/mol. The highest BCUT2D eigenvalue weighted by atomic mass is 16.7.